The van der Waals surface area contributed by atoms with Crippen LogP contribution in [0, 0.1) is 23.2 Å². The minimum absolute atomic E-state index is 0.0795. The van der Waals surface area contributed by atoms with Gasteiger partial charge in [0.15, 0.2) is 0 Å². The van der Waals surface area contributed by atoms with Gasteiger partial charge in [-0.15, -0.1) is 0 Å². The molecular weight excluding hydrogens is 450 g/mol. The zero-order valence-electron chi connectivity index (χ0n) is 20.0. The van der Waals surface area contributed by atoms with Crippen molar-refractivity contribution in [3.63, 3.8) is 0 Å². The number of ether oxygens (including phenoxy) is 1. The Labute approximate surface area is 202 Å². The minimum Gasteiger partial charge on any atom is -0.487 e. The summed E-state index contributed by atoms with van der Waals surface area (Å²) in [6.45, 7) is 5.45. The smallest absolute Gasteiger partial charge is 0.247 e. The third-order valence-corrected chi connectivity index (χ3v) is 8.77. The first kappa shape index (κ1) is 24.7. The van der Waals surface area contributed by atoms with Crippen molar-refractivity contribution in [2.75, 3.05) is 33.3 Å². The van der Waals surface area contributed by atoms with E-state index >= 15 is 0 Å². The molecule has 2 aromatic carbocycles. The number of fused-ring (bicyclic) bond motifs is 1. The summed E-state index contributed by atoms with van der Waals surface area (Å²) in [6, 6.07) is 13.9. The maximum absolute atomic E-state index is 13.6. The van der Waals surface area contributed by atoms with Crippen LogP contribution >= 0.6 is 0 Å². The number of sulfonamides is 1. The van der Waals surface area contributed by atoms with Crippen molar-refractivity contribution in [1.82, 2.24) is 9.21 Å². The highest BCUT2D eigenvalue weighted by Crippen LogP contribution is 2.37. The Morgan fingerprint density at radius 3 is 2.62 bits per heavy atom. The Morgan fingerprint density at radius 1 is 1.21 bits per heavy atom. The molecule has 182 valence electrons. The average Bonchev–Trinajstić information content (AvgIpc) is 3.64. The van der Waals surface area contributed by atoms with E-state index in [0.29, 0.717) is 17.9 Å². The molecule has 7 nitrogen and oxygen atoms in total. The molecular formula is C26H33N3O4S. The fourth-order valence-corrected chi connectivity index (χ4v) is 6.34. The quantitative estimate of drug-likeness (QED) is 0.649. The fraction of sp³-hybridized carbons (Fsp3) is 0.500. The number of aliphatic hydroxyl groups is 1. The third kappa shape index (κ3) is 5.28. The van der Waals surface area contributed by atoms with E-state index in [4.69, 9.17) is 4.74 Å². The summed E-state index contributed by atoms with van der Waals surface area (Å²) in [5.74, 6) is 0.974. The number of rotatable bonds is 7. The molecule has 0 aromatic heterocycles. The molecule has 0 unspecified atom stereocenters. The van der Waals surface area contributed by atoms with Crippen LogP contribution in [-0.4, -0.2) is 68.2 Å². The fourth-order valence-electron chi connectivity index (χ4n) is 4.51. The van der Waals surface area contributed by atoms with Crippen molar-refractivity contribution in [2.45, 2.75) is 43.7 Å². The van der Waals surface area contributed by atoms with Gasteiger partial charge in [-0.05, 0) is 68.1 Å². The number of hydrogen-bond acceptors (Lipinski definition) is 6. The van der Waals surface area contributed by atoms with Crippen molar-refractivity contribution >= 4 is 10.0 Å². The van der Waals surface area contributed by atoms with E-state index in [9.17, 15) is 18.8 Å². The molecule has 2 aliphatic rings. The summed E-state index contributed by atoms with van der Waals surface area (Å²) < 4.78 is 35.1. The van der Waals surface area contributed by atoms with Gasteiger partial charge in [0.2, 0.25) is 10.0 Å². The van der Waals surface area contributed by atoms with Gasteiger partial charge in [-0.25, -0.2) is 8.42 Å². The molecule has 3 atom stereocenters. The van der Waals surface area contributed by atoms with Crippen LogP contribution < -0.4 is 4.74 Å². The Bertz CT molecular complexity index is 1170. The lowest BCUT2D eigenvalue weighted by molar-refractivity contribution is 0.0741. The SMILES string of the molecule is C[C@H](CO)N1C[C@H](C)[C@@H](CN(C)CC2CC2)Oc2cc(-c3cccc(C#N)c3)ccc2S1(=O)=O. The van der Waals surface area contributed by atoms with Gasteiger partial charge < -0.3 is 14.7 Å². The van der Waals surface area contributed by atoms with E-state index in [1.165, 1.54) is 17.1 Å². The molecule has 0 radical (unpaired) electrons. The van der Waals surface area contributed by atoms with Crippen molar-refractivity contribution in [3.8, 4) is 22.9 Å². The number of benzene rings is 2. The van der Waals surface area contributed by atoms with Crippen LogP contribution in [0.4, 0.5) is 0 Å². The summed E-state index contributed by atoms with van der Waals surface area (Å²) in [4.78, 5) is 2.38. The second-order valence-electron chi connectivity index (χ2n) is 9.76. The molecule has 1 heterocycles. The van der Waals surface area contributed by atoms with E-state index in [0.717, 1.165) is 23.6 Å². The van der Waals surface area contributed by atoms with Gasteiger partial charge in [0.25, 0.3) is 0 Å². The number of aliphatic hydroxyl groups excluding tert-OH is 1. The van der Waals surface area contributed by atoms with Gasteiger partial charge in [-0.2, -0.15) is 9.57 Å². The lowest BCUT2D eigenvalue weighted by atomic mass is 10.0. The minimum atomic E-state index is -3.88. The van der Waals surface area contributed by atoms with Gasteiger partial charge in [0, 0.05) is 31.6 Å². The summed E-state index contributed by atoms with van der Waals surface area (Å²) in [7, 11) is -1.79. The summed E-state index contributed by atoms with van der Waals surface area (Å²) in [5, 5.41) is 19.1. The largest absolute Gasteiger partial charge is 0.487 e. The molecule has 1 saturated carbocycles. The zero-order valence-corrected chi connectivity index (χ0v) is 20.8. The van der Waals surface area contributed by atoms with Gasteiger partial charge in [0.05, 0.1) is 18.2 Å². The predicted molar refractivity (Wildman–Crippen MR) is 131 cm³/mol. The summed E-state index contributed by atoms with van der Waals surface area (Å²) in [6.07, 6.45) is 2.31. The molecule has 8 heteroatoms. The highest BCUT2D eigenvalue weighted by molar-refractivity contribution is 7.89. The molecule has 1 fully saturated rings. The molecule has 4 rings (SSSR count). The number of nitrogens with zero attached hydrogens (tertiary/aromatic N) is 3. The first-order valence-corrected chi connectivity index (χ1v) is 13.3. The standard InChI is InChI=1S/C26H33N3O4S/c1-18-14-29(19(2)17-30)34(31,32)26-10-9-23(22-6-4-5-21(11-22)13-27)12-24(26)33-25(18)16-28(3)15-20-7-8-20/h4-6,9-12,18-20,25,30H,7-8,14-17H2,1-3H3/t18-,19+,25+/m0/s1. The van der Waals surface area contributed by atoms with Crippen LogP contribution in [0.5, 0.6) is 5.75 Å². The van der Waals surface area contributed by atoms with Gasteiger partial charge >= 0.3 is 0 Å². The van der Waals surface area contributed by atoms with Crippen LogP contribution in [-0.2, 0) is 10.0 Å². The number of likely N-dealkylation sites (N-methyl/N-ethyl adjacent to an activating group) is 1. The lowest BCUT2D eigenvalue weighted by Crippen LogP contribution is -2.49. The highest BCUT2D eigenvalue weighted by atomic mass is 32.2. The molecule has 1 N–H and O–H groups in total. The molecule has 0 bridgehead atoms. The van der Waals surface area contributed by atoms with Crippen molar-refractivity contribution in [2.24, 2.45) is 11.8 Å². The molecule has 1 aliphatic carbocycles. The van der Waals surface area contributed by atoms with Crippen molar-refractivity contribution < 1.29 is 18.3 Å². The number of hydrogen-bond donors (Lipinski definition) is 1. The maximum atomic E-state index is 13.6. The maximum Gasteiger partial charge on any atom is 0.247 e. The number of nitriles is 1. The van der Waals surface area contributed by atoms with Crippen molar-refractivity contribution in [3.05, 3.63) is 48.0 Å². The van der Waals surface area contributed by atoms with E-state index in [1.807, 2.05) is 19.1 Å². The van der Waals surface area contributed by atoms with E-state index < -0.39 is 16.1 Å². The monoisotopic (exact) mass is 483 g/mol. The molecule has 0 saturated heterocycles. The Morgan fingerprint density at radius 2 is 1.94 bits per heavy atom. The van der Waals surface area contributed by atoms with Crippen molar-refractivity contribution in [1.29, 1.82) is 5.26 Å². The normalized spacial score (nSPS) is 23.3. The molecule has 0 amide bonds. The molecule has 1 aliphatic heterocycles. The Hall–Kier alpha value is -2.44. The summed E-state index contributed by atoms with van der Waals surface area (Å²) >= 11 is 0. The Balaban J connectivity index is 1.76. The van der Waals surface area contributed by atoms with Crippen LogP contribution in [0.3, 0.4) is 0 Å². The van der Waals surface area contributed by atoms with Crippen LogP contribution in [0.15, 0.2) is 47.4 Å². The Kier molecular flexibility index (Phi) is 7.29. The van der Waals surface area contributed by atoms with Gasteiger partial charge in [-0.1, -0.05) is 25.1 Å². The average molecular weight is 484 g/mol. The first-order chi connectivity index (χ1) is 16.2. The van der Waals surface area contributed by atoms with Crippen LogP contribution in [0.1, 0.15) is 32.3 Å². The second-order valence-corrected chi connectivity index (χ2v) is 11.6. The molecule has 2 aromatic rings. The molecule has 34 heavy (non-hydrogen) atoms. The van der Waals surface area contributed by atoms with Gasteiger partial charge in [-0.3, -0.25) is 0 Å². The van der Waals surface area contributed by atoms with E-state index in [2.05, 4.69) is 18.0 Å². The van der Waals surface area contributed by atoms with Crippen LogP contribution in [0.25, 0.3) is 11.1 Å². The molecule has 0 spiro atoms. The summed E-state index contributed by atoms with van der Waals surface area (Å²) in [5.41, 5.74) is 2.14. The third-order valence-electron chi connectivity index (χ3n) is 6.75. The van der Waals surface area contributed by atoms with Crippen LogP contribution in [0.2, 0.25) is 0 Å². The van der Waals surface area contributed by atoms with E-state index in [-0.39, 0.29) is 30.1 Å². The topological polar surface area (TPSA) is 93.9 Å². The second kappa shape index (κ2) is 10.0. The predicted octanol–water partition coefficient (Wildman–Crippen LogP) is 3.34. The highest BCUT2D eigenvalue weighted by Gasteiger charge is 2.38. The van der Waals surface area contributed by atoms with Gasteiger partial charge in [0.1, 0.15) is 16.7 Å². The van der Waals surface area contributed by atoms with E-state index in [1.54, 1.807) is 37.3 Å². The first-order valence-electron chi connectivity index (χ1n) is 11.9. The zero-order chi connectivity index (χ0) is 24.5. The lowest BCUT2D eigenvalue weighted by Gasteiger charge is -2.37.